The predicted molar refractivity (Wildman–Crippen MR) is 74.8 cm³/mol. The van der Waals surface area contributed by atoms with E-state index >= 15 is 0 Å². The van der Waals surface area contributed by atoms with Crippen LogP contribution in [0.15, 0.2) is 0 Å². The van der Waals surface area contributed by atoms with Crippen molar-refractivity contribution in [3.63, 3.8) is 0 Å². The minimum Gasteiger partial charge on any atom is -0.444 e. The normalized spacial score (nSPS) is 26.1. The first kappa shape index (κ1) is 16.2. The Balaban J connectivity index is 2.47. The fourth-order valence-electron chi connectivity index (χ4n) is 2.48. The van der Waals surface area contributed by atoms with Gasteiger partial charge in [0.15, 0.2) is 0 Å². The summed E-state index contributed by atoms with van der Waals surface area (Å²) in [6.45, 7) is 9.43. The van der Waals surface area contributed by atoms with Gasteiger partial charge in [-0.1, -0.05) is 6.92 Å². The molecular weight excluding hydrogens is 244 g/mol. The predicted octanol–water partition coefficient (Wildman–Crippen LogP) is 1.59. The van der Waals surface area contributed by atoms with Crippen molar-refractivity contribution in [2.45, 2.75) is 52.2 Å². The Hall–Kier alpha value is -0.810. The second-order valence-corrected chi connectivity index (χ2v) is 6.58. The number of amides is 1. The molecular formula is C14H28N2O3. The summed E-state index contributed by atoms with van der Waals surface area (Å²) in [6.07, 6.45) is 0.954. The summed E-state index contributed by atoms with van der Waals surface area (Å²) in [5.41, 5.74) is 4.99. The number of ether oxygens (including phenoxy) is 1. The third-order valence-electron chi connectivity index (χ3n) is 3.58. The molecule has 1 aliphatic rings. The average Bonchev–Trinajstić information content (AvgIpc) is 2.29. The Kier molecular flexibility index (Phi) is 5.62. The number of rotatable bonds is 3. The maximum Gasteiger partial charge on any atom is 0.410 e. The van der Waals surface area contributed by atoms with E-state index in [0.717, 1.165) is 12.8 Å². The molecule has 19 heavy (non-hydrogen) atoms. The summed E-state index contributed by atoms with van der Waals surface area (Å²) >= 11 is 0. The number of nitrogens with two attached hydrogens (primary N) is 1. The maximum absolute atomic E-state index is 12.0. The van der Waals surface area contributed by atoms with Gasteiger partial charge >= 0.3 is 6.09 Å². The summed E-state index contributed by atoms with van der Waals surface area (Å²) in [5, 5.41) is 9.63. The number of nitrogens with zero attached hydrogens (tertiary/aromatic N) is 1. The summed E-state index contributed by atoms with van der Waals surface area (Å²) in [4.78, 5) is 13.7. The largest absolute Gasteiger partial charge is 0.444 e. The van der Waals surface area contributed by atoms with Crippen LogP contribution in [-0.4, -0.2) is 47.4 Å². The number of carbonyl (C=O) groups is 1. The first-order valence-corrected chi connectivity index (χ1v) is 7.09. The Morgan fingerprint density at radius 3 is 2.63 bits per heavy atom. The number of piperidine rings is 1. The van der Waals surface area contributed by atoms with Gasteiger partial charge in [0.1, 0.15) is 5.60 Å². The molecule has 3 N–H and O–H groups in total. The standard InChI is InChI=1S/C14H28N2O3/c1-10-9-16(13(18)19-14(2,3)4)6-5-11(10)7-12(17)8-15/h10-12,17H,5-9,15H2,1-4H3. The first-order chi connectivity index (χ1) is 8.73. The SMILES string of the molecule is CC1CN(C(=O)OC(C)(C)C)CCC1CC(O)CN. The minimum absolute atomic E-state index is 0.239. The zero-order chi connectivity index (χ0) is 14.6. The molecule has 1 fully saturated rings. The van der Waals surface area contributed by atoms with Crippen LogP contribution in [0.3, 0.4) is 0 Å². The molecule has 1 amide bonds. The van der Waals surface area contributed by atoms with Gasteiger partial charge in [0.05, 0.1) is 6.10 Å². The molecule has 1 aliphatic heterocycles. The van der Waals surface area contributed by atoms with Gasteiger partial charge in [-0.2, -0.15) is 0 Å². The van der Waals surface area contributed by atoms with Crippen molar-refractivity contribution < 1.29 is 14.6 Å². The van der Waals surface area contributed by atoms with E-state index in [-0.39, 0.29) is 6.09 Å². The molecule has 0 aliphatic carbocycles. The average molecular weight is 272 g/mol. The molecule has 5 heteroatoms. The zero-order valence-corrected chi connectivity index (χ0v) is 12.6. The molecule has 0 radical (unpaired) electrons. The lowest BCUT2D eigenvalue weighted by molar-refractivity contribution is 0.00774. The highest BCUT2D eigenvalue weighted by Crippen LogP contribution is 2.28. The van der Waals surface area contributed by atoms with Gasteiger partial charge in [-0.05, 0) is 45.4 Å². The third kappa shape index (κ3) is 5.37. The second kappa shape index (κ2) is 6.57. The van der Waals surface area contributed by atoms with Crippen molar-refractivity contribution in [3.05, 3.63) is 0 Å². The van der Waals surface area contributed by atoms with Crippen LogP contribution in [-0.2, 0) is 4.74 Å². The highest BCUT2D eigenvalue weighted by Gasteiger charge is 2.31. The van der Waals surface area contributed by atoms with Gasteiger partial charge < -0.3 is 20.5 Å². The highest BCUT2D eigenvalue weighted by atomic mass is 16.6. The van der Waals surface area contributed by atoms with Gasteiger partial charge in [-0.25, -0.2) is 4.79 Å². The molecule has 1 rings (SSSR count). The molecule has 0 aromatic rings. The van der Waals surface area contributed by atoms with Crippen LogP contribution < -0.4 is 5.73 Å². The van der Waals surface area contributed by atoms with Gasteiger partial charge in [-0.15, -0.1) is 0 Å². The van der Waals surface area contributed by atoms with E-state index in [1.807, 2.05) is 20.8 Å². The van der Waals surface area contributed by atoms with Crippen molar-refractivity contribution in [1.29, 1.82) is 0 Å². The molecule has 3 unspecified atom stereocenters. The second-order valence-electron chi connectivity index (χ2n) is 6.58. The zero-order valence-electron chi connectivity index (χ0n) is 12.6. The molecule has 1 saturated heterocycles. The Morgan fingerprint density at radius 2 is 2.16 bits per heavy atom. The number of hydrogen-bond donors (Lipinski definition) is 2. The topological polar surface area (TPSA) is 75.8 Å². The van der Waals surface area contributed by atoms with E-state index < -0.39 is 11.7 Å². The number of carbonyl (C=O) groups excluding carboxylic acids is 1. The molecule has 0 aromatic heterocycles. The van der Waals surface area contributed by atoms with Crippen molar-refractivity contribution >= 4 is 6.09 Å². The number of likely N-dealkylation sites (tertiary alicyclic amines) is 1. The van der Waals surface area contributed by atoms with Crippen LogP contribution in [0, 0.1) is 11.8 Å². The van der Waals surface area contributed by atoms with Crippen LogP contribution in [0.1, 0.15) is 40.5 Å². The molecule has 0 aromatic carbocycles. The van der Waals surface area contributed by atoms with Crippen LogP contribution >= 0.6 is 0 Å². The van der Waals surface area contributed by atoms with Crippen molar-refractivity contribution in [3.8, 4) is 0 Å². The smallest absolute Gasteiger partial charge is 0.410 e. The minimum atomic E-state index is -0.451. The van der Waals surface area contributed by atoms with Gasteiger partial charge in [-0.3, -0.25) is 0 Å². The van der Waals surface area contributed by atoms with E-state index in [0.29, 0.717) is 31.5 Å². The molecule has 1 heterocycles. The van der Waals surface area contributed by atoms with Gasteiger partial charge in [0.2, 0.25) is 0 Å². The lowest BCUT2D eigenvalue weighted by Gasteiger charge is -2.38. The van der Waals surface area contributed by atoms with E-state index in [9.17, 15) is 9.90 Å². The van der Waals surface area contributed by atoms with Crippen molar-refractivity contribution in [2.75, 3.05) is 19.6 Å². The van der Waals surface area contributed by atoms with E-state index in [2.05, 4.69) is 6.92 Å². The van der Waals surface area contributed by atoms with Crippen LogP contribution in [0.5, 0.6) is 0 Å². The third-order valence-corrected chi connectivity index (χ3v) is 3.58. The van der Waals surface area contributed by atoms with Crippen molar-refractivity contribution in [1.82, 2.24) is 4.90 Å². The lowest BCUT2D eigenvalue weighted by Crippen LogP contribution is -2.46. The Labute approximate surface area is 116 Å². The number of aliphatic hydroxyl groups excluding tert-OH is 1. The Morgan fingerprint density at radius 1 is 1.53 bits per heavy atom. The van der Waals surface area contributed by atoms with Crippen molar-refractivity contribution in [2.24, 2.45) is 17.6 Å². The molecule has 3 atom stereocenters. The number of hydrogen-bond acceptors (Lipinski definition) is 4. The molecule has 112 valence electrons. The molecule has 0 bridgehead atoms. The maximum atomic E-state index is 12.0. The van der Waals surface area contributed by atoms with Crippen LogP contribution in [0.2, 0.25) is 0 Å². The van der Waals surface area contributed by atoms with Crippen LogP contribution in [0.25, 0.3) is 0 Å². The van der Waals surface area contributed by atoms with Gasteiger partial charge in [0, 0.05) is 19.6 Å². The lowest BCUT2D eigenvalue weighted by atomic mass is 9.83. The van der Waals surface area contributed by atoms with Gasteiger partial charge in [0.25, 0.3) is 0 Å². The van der Waals surface area contributed by atoms with Crippen LogP contribution in [0.4, 0.5) is 4.79 Å². The fourth-order valence-corrected chi connectivity index (χ4v) is 2.48. The van der Waals surface area contributed by atoms with E-state index in [1.54, 1.807) is 4.90 Å². The summed E-state index contributed by atoms with van der Waals surface area (Å²) in [7, 11) is 0. The van der Waals surface area contributed by atoms with E-state index in [1.165, 1.54) is 0 Å². The fraction of sp³-hybridized carbons (Fsp3) is 0.929. The summed E-state index contributed by atoms with van der Waals surface area (Å²) in [5.74, 6) is 0.791. The summed E-state index contributed by atoms with van der Waals surface area (Å²) < 4.78 is 5.38. The molecule has 0 saturated carbocycles. The first-order valence-electron chi connectivity index (χ1n) is 7.09. The highest BCUT2D eigenvalue weighted by molar-refractivity contribution is 5.68. The number of aliphatic hydroxyl groups is 1. The summed E-state index contributed by atoms with van der Waals surface area (Å²) in [6, 6.07) is 0. The monoisotopic (exact) mass is 272 g/mol. The molecule has 5 nitrogen and oxygen atoms in total. The molecule has 0 spiro atoms. The quantitative estimate of drug-likeness (QED) is 0.818. The van der Waals surface area contributed by atoms with E-state index in [4.69, 9.17) is 10.5 Å². The Bertz CT molecular complexity index is 302.